The lowest BCUT2D eigenvalue weighted by molar-refractivity contribution is -0.107. The second-order valence-corrected chi connectivity index (χ2v) is 4.26. The van der Waals surface area contributed by atoms with Crippen molar-refractivity contribution in [3.05, 3.63) is 65.2 Å². The third kappa shape index (κ3) is 3.20. The lowest BCUT2D eigenvalue weighted by atomic mass is 10.1. The minimum absolute atomic E-state index is 0.393. The van der Waals surface area contributed by atoms with Gasteiger partial charge in [-0.1, -0.05) is 42.5 Å². The molecule has 18 heavy (non-hydrogen) atoms. The Bertz CT molecular complexity index is 518. The predicted molar refractivity (Wildman–Crippen MR) is 71.7 cm³/mol. The van der Waals surface area contributed by atoms with Crippen LogP contribution in [-0.2, 0) is 17.8 Å². The maximum atomic E-state index is 10.6. The van der Waals surface area contributed by atoms with Crippen molar-refractivity contribution in [3.63, 3.8) is 0 Å². The minimum Gasteiger partial charge on any atom is -0.489 e. The molecule has 0 aliphatic rings. The first-order valence-electron chi connectivity index (χ1n) is 5.99. The second kappa shape index (κ2) is 6.01. The fourth-order valence-corrected chi connectivity index (χ4v) is 1.79. The highest BCUT2D eigenvalue weighted by Crippen LogP contribution is 2.21. The van der Waals surface area contributed by atoms with E-state index in [0.29, 0.717) is 13.0 Å². The Balaban J connectivity index is 2.12. The molecule has 0 fully saturated rings. The van der Waals surface area contributed by atoms with Gasteiger partial charge in [-0.3, -0.25) is 0 Å². The smallest absolute Gasteiger partial charge is 0.124 e. The first-order valence-corrected chi connectivity index (χ1v) is 5.99. The van der Waals surface area contributed by atoms with Gasteiger partial charge in [0.15, 0.2) is 0 Å². The second-order valence-electron chi connectivity index (χ2n) is 4.26. The van der Waals surface area contributed by atoms with Crippen LogP contribution in [0, 0.1) is 6.92 Å². The molecule has 0 heterocycles. The van der Waals surface area contributed by atoms with Crippen LogP contribution in [0.4, 0.5) is 0 Å². The summed E-state index contributed by atoms with van der Waals surface area (Å²) < 4.78 is 5.80. The molecule has 0 amide bonds. The summed E-state index contributed by atoms with van der Waals surface area (Å²) in [6, 6.07) is 15.9. The monoisotopic (exact) mass is 240 g/mol. The molecular formula is C16H16O2. The van der Waals surface area contributed by atoms with E-state index in [9.17, 15) is 4.79 Å². The lowest BCUT2D eigenvalue weighted by Crippen LogP contribution is -1.99. The molecule has 0 saturated heterocycles. The van der Waals surface area contributed by atoms with Crippen molar-refractivity contribution in [1.82, 2.24) is 0 Å². The zero-order chi connectivity index (χ0) is 12.8. The van der Waals surface area contributed by atoms with Gasteiger partial charge in [0.05, 0.1) is 0 Å². The number of benzene rings is 2. The van der Waals surface area contributed by atoms with Crippen LogP contribution in [0.5, 0.6) is 5.75 Å². The summed E-state index contributed by atoms with van der Waals surface area (Å²) in [6.07, 6.45) is 1.30. The third-order valence-corrected chi connectivity index (χ3v) is 2.76. The number of ether oxygens (including phenoxy) is 1. The Kier molecular flexibility index (Phi) is 4.13. The molecule has 0 aliphatic carbocycles. The Hall–Kier alpha value is -2.09. The predicted octanol–water partition coefficient (Wildman–Crippen LogP) is 3.32. The quantitative estimate of drug-likeness (QED) is 0.749. The van der Waals surface area contributed by atoms with E-state index in [4.69, 9.17) is 4.74 Å². The Morgan fingerprint density at radius 3 is 2.61 bits per heavy atom. The molecule has 0 unspecified atom stereocenters. The average molecular weight is 240 g/mol. The van der Waals surface area contributed by atoms with Crippen LogP contribution in [0.1, 0.15) is 16.7 Å². The summed E-state index contributed by atoms with van der Waals surface area (Å²) in [5.74, 6) is 0.797. The summed E-state index contributed by atoms with van der Waals surface area (Å²) in [4.78, 5) is 10.6. The van der Waals surface area contributed by atoms with Gasteiger partial charge in [-0.2, -0.15) is 0 Å². The first kappa shape index (κ1) is 12.4. The standard InChI is InChI=1S/C16H16O2/c1-13-7-8-15(9-10-17)16(11-13)18-12-14-5-3-2-4-6-14/h2-8,10-11H,9,12H2,1H3. The van der Waals surface area contributed by atoms with Gasteiger partial charge in [-0.25, -0.2) is 0 Å². The molecule has 0 N–H and O–H groups in total. The van der Waals surface area contributed by atoms with E-state index in [2.05, 4.69) is 0 Å². The summed E-state index contributed by atoms with van der Waals surface area (Å²) >= 11 is 0. The number of aryl methyl sites for hydroxylation is 1. The van der Waals surface area contributed by atoms with Crippen molar-refractivity contribution in [2.45, 2.75) is 20.0 Å². The molecule has 2 aromatic rings. The van der Waals surface area contributed by atoms with E-state index in [0.717, 1.165) is 28.7 Å². The zero-order valence-electron chi connectivity index (χ0n) is 10.4. The molecule has 2 aromatic carbocycles. The van der Waals surface area contributed by atoms with Crippen molar-refractivity contribution in [1.29, 1.82) is 0 Å². The van der Waals surface area contributed by atoms with E-state index < -0.39 is 0 Å². The van der Waals surface area contributed by atoms with Gasteiger partial charge in [-0.15, -0.1) is 0 Å². The van der Waals surface area contributed by atoms with Gasteiger partial charge in [0, 0.05) is 12.0 Å². The first-order chi connectivity index (χ1) is 8.79. The van der Waals surface area contributed by atoms with Crippen molar-refractivity contribution in [2.24, 2.45) is 0 Å². The fourth-order valence-electron chi connectivity index (χ4n) is 1.79. The van der Waals surface area contributed by atoms with Crippen molar-refractivity contribution in [2.75, 3.05) is 0 Å². The molecule has 0 aromatic heterocycles. The number of carbonyl (C=O) groups is 1. The molecule has 0 saturated carbocycles. The van der Waals surface area contributed by atoms with Gasteiger partial charge in [0.2, 0.25) is 0 Å². The highest BCUT2D eigenvalue weighted by Gasteiger charge is 2.04. The average Bonchev–Trinajstić information content (AvgIpc) is 2.40. The highest BCUT2D eigenvalue weighted by molar-refractivity contribution is 5.57. The van der Waals surface area contributed by atoms with Crippen LogP contribution in [0.15, 0.2) is 48.5 Å². The molecule has 92 valence electrons. The molecule has 0 bridgehead atoms. The lowest BCUT2D eigenvalue weighted by Gasteiger charge is -2.11. The summed E-state index contributed by atoms with van der Waals surface area (Å²) in [6.45, 7) is 2.54. The van der Waals surface area contributed by atoms with Crippen LogP contribution < -0.4 is 4.74 Å². The Morgan fingerprint density at radius 1 is 1.11 bits per heavy atom. The number of aldehydes is 1. The molecule has 2 nitrogen and oxygen atoms in total. The molecular weight excluding hydrogens is 224 g/mol. The highest BCUT2D eigenvalue weighted by atomic mass is 16.5. The van der Waals surface area contributed by atoms with Gasteiger partial charge < -0.3 is 9.53 Å². The van der Waals surface area contributed by atoms with Crippen molar-refractivity contribution in [3.8, 4) is 5.75 Å². The summed E-state index contributed by atoms with van der Waals surface area (Å²) in [5, 5.41) is 0. The minimum atomic E-state index is 0.393. The Morgan fingerprint density at radius 2 is 1.89 bits per heavy atom. The number of hydrogen-bond donors (Lipinski definition) is 0. The normalized spacial score (nSPS) is 10.1. The molecule has 2 rings (SSSR count). The molecule has 0 aliphatic heterocycles. The SMILES string of the molecule is Cc1ccc(CC=O)c(OCc2ccccc2)c1. The number of carbonyl (C=O) groups excluding carboxylic acids is 1. The molecule has 0 radical (unpaired) electrons. The number of rotatable bonds is 5. The van der Waals surface area contributed by atoms with Gasteiger partial charge >= 0.3 is 0 Å². The number of hydrogen-bond acceptors (Lipinski definition) is 2. The van der Waals surface area contributed by atoms with E-state index in [1.165, 1.54) is 0 Å². The van der Waals surface area contributed by atoms with Crippen LogP contribution in [0.3, 0.4) is 0 Å². The van der Waals surface area contributed by atoms with Gasteiger partial charge in [0.25, 0.3) is 0 Å². The summed E-state index contributed by atoms with van der Waals surface area (Å²) in [7, 11) is 0. The topological polar surface area (TPSA) is 26.3 Å². The molecule has 2 heteroatoms. The van der Waals surface area contributed by atoms with Crippen molar-refractivity contribution < 1.29 is 9.53 Å². The van der Waals surface area contributed by atoms with E-state index in [1.807, 2.05) is 55.5 Å². The van der Waals surface area contributed by atoms with Crippen LogP contribution in [0.2, 0.25) is 0 Å². The van der Waals surface area contributed by atoms with E-state index >= 15 is 0 Å². The van der Waals surface area contributed by atoms with Crippen LogP contribution >= 0.6 is 0 Å². The summed E-state index contributed by atoms with van der Waals surface area (Å²) in [5.41, 5.74) is 3.19. The fraction of sp³-hybridized carbons (Fsp3) is 0.188. The van der Waals surface area contributed by atoms with E-state index in [1.54, 1.807) is 0 Å². The maximum absolute atomic E-state index is 10.6. The van der Waals surface area contributed by atoms with Crippen molar-refractivity contribution >= 4 is 6.29 Å². The Labute approximate surface area is 107 Å². The van der Waals surface area contributed by atoms with Gasteiger partial charge in [-0.05, 0) is 24.1 Å². The molecule has 0 spiro atoms. The zero-order valence-corrected chi connectivity index (χ0v) is 10.4. The van der Waals surface area contributed by atoms with E-state index in [-0.39, 0.29) is 0 Å². The molecule has 0 atom stereocenters. The largest absolute Gasteiger partial charge is 0.489 e. The maximum Gasteiger partial charge on any atom is 0.124 e. The van der Waals surface area contributed by atoms with Crippen LogP contribution in [-0.4, -0.2) is 6.29 Å². The van der Waals surface area contributed by atoms with Gasteiger partial charge in [0.1, 0.15) is 18.6 Å². The van der Waals surface area contributed by atoms with Crippen LogP contribution in [0.25, 0.3) is 0 Å². The third-order valence-electron chi connectivity index (χ3n) is 2.76.